The van der Waals surface area contributed by atoms with Crippen LogP contribution in [0.2, 0.25) is 5.02 Å². The minimum absolute atomic E-state index is 0.246. The molecule has 0 aliphatic carbocycles. The summed E-state index contributed by atoms with van der Waals surface area (Å²) >= 11 is 6.08. The maximum Gasteiger partial charge on any atom is 0.332 e. The Morgan fingerprint density at radius 1 is 1.03 bits per heavy atom. The molecule has 3 aromatic rings. The van der Waals surface area contributed by atoms with Crippen LogP contribution in [0.5, 0.6) is 0 Å². The van der Waals surface area contributed by atoms with Crippen molar-refractivity contribution in [3.8, 4) is 0 Å². The number of benzene rings is 1. The van der Waals surface area contributed by atoms with Gasteiger partial charge in [-0.1, -0.05) is 24.9 Å². The molecule has 0 N–H and O–H groups in total. The van der Waals surface area contributed by atoms with Crippen LogP contribution in [0.4, 0.5) is 11.6 Å². The van der Waals surface area contributed by atoms with Gasteiger partial charge in [-0.2, -0.15) is 4.98 Å². The highest BCUT2D eigenvalue weighted by Crippen LogP contribution is 2.33. The number of anilines is 2. The molecule has 4 heterocycles. The number of aryl methyl sites for hydroxylation is 1. The van der Waals surface area contributed by atoms with Gasteiger partial charge in [0.2, 0.25) is 5.95 Å². The largest absolute Gasteiger partial charge is 0.332 e. The smallest absolute Gasteiger partial charge is 0.312 e. The molecular weight excluding hydrogens is 428 g/mol. The van der Waals surface area contributed by atoms with E-state index in [2.05, 4.69) is 16.7 Å². The lowest BCUT2D eigenvalue weighted by Gasteiger charge is -2.33. The Labute approximate surface area is 191 Å². The molecule has 5 rings (SSSR count). The van der Waals surface area contributed by atoms with Crippen molar-refractivity contribution in [3.63, 3.8) is 0 Å². The number of aromatic nitrogens is 4. The average molecular weight is 457 g/mol. The second-order valence-corrected chi connectivity index (χ2v) is 9.52. The molecule has 1 unspecified atom stereocenters. The molecule has 2 aliphatic rings. The molecule has 8 nitrogen and oxygen atoms in total. The van der Waals surface area contributed by atoms with Gasteiger partial charge in [0.05, 0.1) is 0 Å². The minimum Gasteiger partial charge on any atom is -0.312 e. The van der Waals surface area contributed by atoms with Crippen molar-refractivity contribution < 1.29 is 0 Å². The van der Waals surface area contributed by atoms with Crippen LogP contribution in [-0.2, 0) is 20.1 Å². The molecule has 0 radical (unpaired) electrons. The van der Waals surface area contributed by atoms with Crippen LogP contribution in [0.15, 0.2) is 33.9 Å². The van der Waals surface area contributed by atoms with Crippen LogP contribution < -0.4 is 16.1 Å². The maximum absolute atomic E-state index is 13.5. The van der Waals surface area contributed by atoms with E-state index in [0.29, 0.717) is 41.1 Å². The zero-order chi connectivity index (χ0) is 22.4. The van der Waals surface area contributed by atoms with Crippen molar-refractivity contribution in [3.05, 3.63) is 50.1 Å². The number of halogens is 1. The molecule has 2 aromatic heterocycles. The van der Waals surface area contributed by atoms with Crippen LogP contribution in [-0.4, -0.2) is 49.8 Å². The van der Waals surface area contributed by atoms with Crippen LogP contribution in [0, 0.1) is 5.92 Å². The van der Waals surface area contributed by atoms with Gasteiger partial charge in [0.15, 0.2) is 11.2 Å². The third kappa shape index (κ3) is 3.65. The molecule has 0 spiro atoms. The van der Waals surface area contributed by atoms with Crippen molar-refractivity contribution in [2.24, 2.45) is 13.0 Å². The van der Waals surface area contributed by atoms with E-state index in [4.69, 9.17) is 16.6 Å². The normalized spacial score (nSPS) is 19.5. The molecule has 0 bridgehead atoms. The molecule has 9 heteroatoms. The predicted molar refractivity (Wildman–Crippen MR) is 127 cm³/mol. The highest BCUT2D eigenvalue weighted by molar-refractivity contribution is 6.30. The summed E-state index contributed by atoms with van der Waals surface area (Å²) in [4.78, 5) is 35.8. The summed E-state index contributed by atoms with van der Waals surface area (Å²) in [7, 11) is 1.70. The molecule has 1 atom stereocenters. The lowest BCUT2D eigenvalue weighted by molar-refractivity contribution is 0.218. The number of piperidine rings is 1. The zero-order valence-electron chi connectivity index (χ0n) is 18.6. The van der Waals surface area contributed by atoms with Gasteiger partial charge in [-0.15, -0.1) is 0 Å². The van der Waals surface area contributed by atoms with Gasteiger partial charge >= 0.3 is 5.69 Å². The quantitative estimate of drug-likeness (QED) is 0.604. The monoisotopic (exact) mass is 456 g/mol. The Bertz CT molecular complexity index is 1250. The van der Waals surface area contributed by atoms with Crippen LogP contribution in [0.25, 0.3) is 11.2 Å². The first-order chi connectivity index (χ1) is 15.4. The standard InChI is InChI=1S/C23H29ClN6O2/c1-16-14-29(18-8-6-17(24)7-9-18)22-25-20-19(30(22)15-16)21(31)28(23(32)26(20)2)13-12-27-10-4-3-5-11-27/h6-9,16H,3-5,10-15H2,1-2H3. The molecule has 0 saturated carbocycles. The van der Waals surface area contributed by atoms with Crippen molar-refractivity contribution in [2.75, 3.05) is 31.1 Å². The molecule has 1 fully saturated rings. The molecule has 1 saturated heterocycles. The Hall–Kier alpha value is -2.58. The Kier molecular flexibility index (Phi) is 5.59. The fourth-order valence-corrected chi connectivity index (χ4v) is 5.09. The lowest BCUT2D eigenvalue weighted by atomic mass is 10.1. The van der Waals surface area contributed by atoms with Crippen molar-refractivity contribution in [1.29, 1.82) is 0 Å². The second-order valence-electron chi connectivity index (χ2n) is 9.09. The number of fused-ring (bicyclic) bond motifs is 3. The van der Waals surface area contributed by atoms with Crippen molar-refractivity contribution in [2.45, 2.75) is 39.3 Å². The highest BCUT2D eigenvalue weighted by Gasteiger charge is 2.30. The number of imidazole rings is 1. The SMILES string of the molecule is CC1CN(c2ccc(Cl)cc2)c2nc3c(c(=O)n(CCN4CCCCC4)c(=O)n3C)n2C1. The number of likely N-dealkylation sites (tertiary alicyclic amines) is 1. The highest BCUT2D eigenvalue weighted by atomic mass is 35.5. The number of hydrogen-bond acceptors (Lipinski definition) is 5. The molecule has 32 heavy (non-hydrogen) atoms. The Balaban J connectivity index is 1.60. The van der Waals surface area contributed by atoms with Gasteiger partial charge < -0.3 is 14.4 Å². The van der Waals surface area contributed by atoms with Gasteiger partial charge in [-0.05, 0) is 56.1 Å². The summed E-state index contributed by atoms with van der Waals surface area (Å²) in [5, 5.41) is 0.672. The minimum atomic E-state index is -0.305. The summed E-state index contributed by atoms with van der Waals surface area (Å²) in [5.41, 5.74) is 1.36. The van der Waals surface area contributed by atoms with E-state index in [9.17, 15) is 9.59 Å². The van der Waals surface area contributed by atoms with E-state index < -0.39 is 0 Å². The first-order valence-electron chi connectivity index (χ1n) is 11.4. The van der Waals surface area contributed by atoms with Crippen molar-refractivity contribution >= 4 is 34.4 Å². The van der Waals surface area contributed by atoms with E-state index in [1.807, 2.05) is 28.8 Å². The maximum atomic E-state index is 13.5. The molecule has 1 aromatic carbocycles. The topological polar surface area (TPSA) is 68.3 Å². The number of rotatable bonds is 4. The first-order valence-corrected chi connectivity index (χ1v) is 11.8. The first kappa shape index (κ1) is 21.3. The van der Waals surface area contributed by atoms with Crippen molar-refractivity contribution in [1.82, 2.24) is 23.6 Å². The summed E-state index contributed by atoms with van der Waals surface area (Å²) in [6.45, 7) is 6.82. The average Bonchev–Trinajstić information content (AvgIpc) is 3.18. The summed E-state index contributed by atoms with van der Waals surface area (Å²) < 4.78 is 4.89. The zero-order valence-corrected chi connectivity index (χ0v) is 19.4. The predicted octanol–water partition coefficient (Wildman–Crippen LogP) is 2.82. The number of hydrogen-bond donors (Lipinski definition) is 0. The van der Waals surface area contributed by atoms with Gasteiger partial charge in [0.1, 0.15) is 0 Å². The van der Waals surface area contributed by atoms with Crippen LogP contribution in [0.3, 0.4) is 0 Å². The Morgan fingerprint density at radius 3 is 2.47 bits per heavy atom. The molecule has 2 aliphatic heterocycles. The van der Waals surface area contributed by atoms with E-state index >= 15 is 0 Å². The third-order valence-electron chi connectivity index (χ3n) is 6.67. The van der Waals surface area contributed by atoms with E-state index in [1.54, 1.807) is 7.05 Å². The fourth-order valence-electron chi connectivity index (χ4n) is 4.97. The third-order valence-corrected chi connectivity index (χ3v) is 6.92. The second kappa shape index (κ2) is 8.41. The molecule has 170 valence electrons. The van der Waals surface area contributed by atoms with Gasteiger partial charge in [-0.25, -0.2) is 4.79 Å². The van der Waals surface area contributed by atoms with Crippen LogP contribution >= 0.6 is 11.6 Å². The lowest BCUT2D eigenvalue weighted by Crippen LogP contribution is -2.43. The Morgan fingerprint density at radius 2 is 1.75 bits per heavy atom. The van der Waals surface area contributed by atoms with E-state index in [0.717, 1.165) is 31.9 Å². The van der Waals surface area contributed by atoms with Gasteiger partial charge in [0.25, 0.3) is 5.56 Å². The van der Waals surface area contributed by atoms with Crippen LogP contribution in [0.1, 0.15) is 26.2 Å². The molecule has 0 amide bonds. The van der Waals surface area contributed by atoms with E-state index in [-0.39, 0.29) is 11.2 Å². The fraction of sp³-hybridized carbons (Fsp3) is 0.522. The summed E-state index contributed by atoms with van der Waals surface area (Å²) in [6, 6.07) is 7.62. The van der Waals surface area contributed by atoms with E-state index in [1.165, 1.54) is 28.4 Å². The number of nitrogens with zero attached hydrogens (tertiary/aromatic N) is 6. The summed E-state index contributed by atoms with van der Waals surface area (Å²) in [5.74, 6) is 1.01. The molecular formula is C23H29ClN6O2. The van der Waals surface area contributed by atoms with Gasteiger partial charge in [-0.3, -0.25) is 13.9 Å². The summed E-state index contributed by atoms with van der Waals surface area (Å²) in [6.07, 6.45) is 3.62. The van der Waals surface area contributed by atoms with Gasteiger partial charge in [0, 0.05) is 43.9 Å².